The highest BCUT2D eigenvalue weighted by Gasteiger charge is 2.23. The van der Waals surface area contributed by atoms with E-state index >= 15 is 0 Å². The summed E-state index contributed by atoms with van der Waals surface area (Å²) in [7, 11) is 0. The van der Waals surface area contributed by atoms with Crippen molar-refractivity contribution in [1.29, 1.82) is 0 Å². The fourth-order valence-corrected chi connectivity index (χ4v) is 3.32. The van der Waals surface area contributed by atoms with Crippen LogP contribution in [0.5, 0.6) is 0 Å². The van der Waals surface area contributed by atoms with Gasteiger partial charge in [0.25, 0.3) is 5.91 Å². The summed E-state index contributed by atoms with van der Waals surface area (Å²) < 4.78 is 15.8. The van der Waals surface area contributed by atoms with Crippen LogP contribution in [0.3, 0.4) is 0 Å². The molecule has 2 N–H and O–H groups in total. The van der Waals surface area contributed by atoms with Crippen molar-refractivity contribution in [2.45, 2.75) is 26.4 Å². The minimum atomic E-state index is -1.07. The second kappa shape index (κ2) is 7.13. The summed E-state index contributed by atoms with van der Waals surface area (Å²) in [4.78, 5) is 24.3. The monoisotopic (exact) mass is 389 g/mol. The third-order valence-corrected chi connectivity index (χ3v) is 4.78. The number of hydrogen-bond donors (Lipinski definition) is 2. The van der Waals surface area contributed by atoms with Crippen LogP contribution < -0.4 is 0 Å². The van der Waals surface area contributed by atoms with E-state index < -0.39 is 23.8 Å². The lowest BCUT2D eigenvalue weighted by molar-refractivity contribution is -0.136. The van der Waals surface area contributed by atoms with Crippen LogP contribution in [0, 0.1) is 12.7 Å². The Bertz CT molecular complexity index is 1050. The quantitative estimate of drug-likeness (QED) is 0.703. The van der Waals surface area contributed by atoms with E-state index in [1.807, 2.05) is 0 Å². The van der Waals surface area contributed by atoms with Gasteiger partial charge in [-0.1, -0.05) is 11.6 Å². The Balaban J connectivity index is 2.30. The average molecular weight is 390 g/mol. The predicted octanol–water partition coefficient (Wildman–Crippen LogP) is 4.11. The number of benzene rings is 2. The molecule has 1 heterocycles. The Morgan fingerprint density at radius 1 is 1.22 bits per heavy atom. The molecule has 2 aromatic carbocycles. The largest absolute Gasteiger partial charge is 0.481 e. The third kappa shape index (κ3) is 3.46. The number of carbonyl (C=O) groups is 2. The first-order valence-electron chi connectivity index (χ1n) is 8.24. The zero-order valence-corrected chi connectivity index (χ0v) is 15.4. The molecule has 1 unspecified atom stereocenters. The summed E-state index contributed by atoms with van der Waals surface area (Å²) in [6.07, 6.45) is -1.39. The number of aromatic nitrogens is 1. The topological polar surface area (TPSA) is 79.5 Å². The van der Waals surface area contributed by atoms with Crippen molar-refractivity contribution in [2.75, 3.05) is 0 Å². The van der Waals surface area contributed by atoms with E-state index in [1.165, 1.54) is 17.6 Å². The first-order chi connectivity index (χ1) is 12.7. The third-order valence-electron chi connectivity index (χ3n) is 4.53. The highest BCUT2D eigenvalue weighted by Crippen LogP contribution is 2.32. The number of nitrogens with zero attached hydrogens (tertiary/aromatic N) is 1. The van der Waals surface area contributed by atoms with Crippen molar-refractivity contribution in [2.24, 2.45) is 0 Å². The maximum absolute atomic E-state index is 14.5. The van der Waals surface area contributed by atoms with Gasteiger partial charge in [-0.05, 0) is 55.8 Å². The van der Waals surface area contributed by atoms with Crippen molar-refractivity contribution >= 4 is 34.4 Å². The van der Waals surface area contributed by atoms with Crippen LogP contribution in [0.2, 0.25) is 5.02 Å². The van der Waals surface area contributed by atoms with E-state index in [0.717, 1.165) is 6.07 Å². The molecule has 0 aliphatic carbocycles. The van der Waals surface area contributed by atoms with Crippen LogP contribution in [0.25, 0.3) is 10.9 Å². The van der Waals surface area contributed by atoms with Crippen LogP contribution in [0.4, 0.5) is 4.39 Å². The number of aliphatic hydroxyl groups is 1. The molecule has 0 fully saturated rings. The second-order valence-corrected chi connectivity index (χ2v) is 6.79. The molecular formula is C20H17ClFNO4. The number of carboxylic acids is 1. The van der Waals surface area contributed by atoms with E-state index in [-0.39, 0.29) is 17.5 Å². The van der Waals surface area contributed by atoms with Gasteiger partial charge < -0.3 is 10.2 Å². The molecule has 1 atom stereocenters. The van der Waals surface area contributed by atoms with E-state index in [1.54, 1.807) is 31.2 Å². The molecule has 0 radical (unpaired) electrons. The lowest BCUT2D eigenvalue weighted by atomic mass is 10.0. The van der Waals surface area contributed by atoms with Crippen LogP contribution in [0.1, 0.15) is 40.2 Å². The summed E-state index contributed by atoms with van der Waals surface area (Å²) in [5.74, 6) is -2.16. The Hall–Kier alpha value is -2.70. The standard InChI is InChI=1S/C20H17ClFNO4/c1-10-14(8-19(25)26)16-7-15(11(2)24)17(22)9-18(16)23(10)20(27)12-3-5-13(21)6-4-12/h3-7,9,11,24H,8H2,1-2H3,(H,25,26). The van der Waals surface area contributed by atoms with E-state index in [0.29, 0.717) is 27.2 Å². The number of carbonyl (C=O) groups excluding carboxylic acids is 1. The first kappa shape index (κ1) is 19.1. The Morgan fingerprint density at radius 2 is 1.85 bits per heavy atom. The van der Waals surface area contributed by atoms with Crippen LogP contribution in [0.15, 0.2) is 36.4 Å². The minimum absolute atomic E-state index is 0.0465. The van der Waals surface area contributed by atoms with E-state index in [2.05, 4.69) is 0 Å². The van der Waals surface area contributed by atoms with Gasteiger partial charge in [-0.3, -0.25) is 14.2 Å². The molecule has 0 aliphatic heterocycles. The van der Waals surface area contributed by atoms with Gasteiger partial charge in [0.05, 0.1) is 18.0 Å². The summed E-state index contributed by atoms with van der Waals surface area (Å²) in [6, 6.07) is 8.80. The van der Waals surface area contributed by atoms with Gasteiger partial charge in [-0.2, -0.15) is 0 Å². The highest BCUT2D eigenvalue weighted by atomic mass is 35.5. The Morgan fingerprint density at radius 3 is 2.41 bits per heavy atom. The van der Waals surface area contributed by atoms with Gasteiger partial charge in [0.1, 0.15) is 5.82 Å². The van der Waals surface area contributed by atoms with E-state index in [9.17, 15) is 24.2 Å². The molecule has 140 valence electrons. The Labute approximate surface area is 159 Å². The van der Waals surface area contributed by atoms with Gasteiger partial charge in [0.15, 0.2) is 0 Å². The molecular weight excluding hydrogens is 373 g/mol. The first-order valence-corrected chi connectivity index (χ1v) is 8.62. The van der Waals surface area contributed by atoms with Crippen LogP contribution >= 0.6 is 11.6 Å². The molecule has 0 aliphatic rings. The van der Waals surface area contributed by atoms with Crippen molar-refractivity contribution < 1.29 is 24.2 Å². The lowest BCUT2D eigenvalue weighted by Gasteiger charge is -2.09. The van der Waals surface area contributed by atoms with Gasteiger partial charge in [0, 0.05) is 27.2 Å². The molecule has 27 heavy (non-hydrogen) atoms. The molecule has 1 aromatic heterocycles. The van der Waals surface area contributed by atoms with Crippen LogP contribution in [-0.4, -0.2) is 26.7 Å². The van der Waals surface area contributed by atoms with E-state index in [4.69, 9.17) is 11.6 Å². The zero-order chi connectivity index (χ0) is 19.9. The smallest absolute Gasteiger partial charge is 0.307 e. The molecule has 0 bridgehead atoms. The van der Waals surface area contributed by atoms with Gasteiger partial charge in [-0.25, -0.2) is 4.39 Å². The minimum Gasteiger partial charge on any atom is -0.481 e. The van der Waals surface area contributed by atoms with Gasteiger partial charge >= 0.3 is 5.97 Å². The van der Waals surface area contributed by atoms with Crippen molar-refractivity contribution in [3.8, 4) is 0 Å². The Kier molecular flexibility index (Phi) is 5.04. The number of rotatable bonds is 4. The maximum Gasteiger partial charge on any atom is 0.307 e. The number of fused-ring (bicyclic) bond motifs is 1. The fraction of sp³-hybridized carbons (Fsp3) is 0.200. The van der Waals surface area contributed by atoms with Gasteiger partial charge in [-0.15, -0.1) is 0 Å². The number of hydrogen-bond acceptors (Lipinski definition) is 3. The van der Waals surface area contributed by atoms with Crippen molar-refractivity contribution in [3.63, 3.8) is 0 Å². The van der Waals surface area contributed by atoms with Crippen molar-refractivity contribution in [1.82, 2.24) is 4.57 Å². The second-order valence-electron chi connectivity index (χ2n) is 6.35. The number of halogens is 2. The van der Waals surface area contributed by atoms with Crippen molar-refractivity contribution in [3.05, 3.63) is 69.6 Å². The molecule has 3 rings (SSSR count). The summed E-state index contributed by atoms with van der Waals surface area (Å²) >= 11 is 5.86. The maximum atomic E-state index is 14.5. The number of aliphatic hydroxyl groups excluding tert-OH is 1. The molecule has 0 saturated carbocycles. The molecule has 0 saturated heterocycles. The predicted molar refractivity (Wildman–Crippen MR) is 99.8 cm³/mol. The summed E-state index contributed by atoms with van der Waals surface area (Å²) in [5.41, 5.74) is 1.45. The SMILES string of the molecule is Cc1c(CC(=O)O)c2cc(C(C)O)c(F)cc2n1C(=O)c1ccc(Cl)cc1. The molecule has 0 spiro atoms. The molecule has 7 heteroatoms. The number of carboxylic acid groups (broad SMARTS) is 1. The highest BCUT2D eigenvalue weighted by molar-refractivity contribution is 6.30. The molecule has 0 amide bonds. The lowest BCUT2D eigenvalue weighted by Crippen LogP contribution is -2.14. The molecule has 3 aromatic rings. The van der Waals surface area contributed by atoms with Gasteiger partial charge in [0.2, 0.25) is 0 Å². The fourth-order valence-electron chi connectivity index (χ4n) is 3.19. The zero-order valence-electron chi connectivity index (χ0n) is 14.7. The van der Waals surface area contributed by atoms with Crippen LogP contribution in [-0.2, 0) is 11.2 Å². The summed E-state index contributed by atoms with van der Waals surface area (Å²) in [6.45, 7) is 3.04. The molecule has 5 nitrogen and oxygen atoms in total. The number of aliphatic carboxylic acids is 1. The summed E-state index contributed by atoms with van der Waals surface area (Å²) in [5, 5.41) is 19.9. The normalized spacial score (nSPS) is 12.3. The average Bonchev–Trinajstić information content (AvgIpc) is 2.84.